The summed E-state index contributed by atoms with van der Waals surface area (Å²) in [6.45, 7) is 3.60. The summed E-state index contributed by atoms with van der Waals surface area (Å²) in [5, 5.41) is 0.940. The van der Waals surface area contributed by atoms with Crippen LogP contribution < -0.4 is 5.56 Å². The molecule has 0 bridgehead atoms. The molecule has 2 aromatic carbocycles. The minimum atomic E-state index is -1.34. The van der Waals surface area contributed by atoms with E-state index < -0.39 is 40.4 Å². The van der Waals surface area contributed by atoms with Gasteiger partial charge in [-0.15, -0.1) is 11.3 Å². The van der Waals surface area contributed by atoms with E-state index in [1.54, 1.807) is 25.1 Å². The van der Waals surface area contributed by atoms with Crippen LogP contribution in [0, 0.1) is 24.4 Å². The molecule has 0 amide bonds. The van der Waals surface area contributed by atoms with Gasteiger partial charge < -0.3 is 9.72 Å². The number of nitrogens with one attached hydrogen (secondary N) is 1. The van der Waals surface area contributed by atoms with Crippen molar-refractivity contribution < 1.29 is 22.7 Å². The van der Waals surface area contributed by atoms with Crippen molar-refractivity contribution in [1.29, 1.82) is 0 Å². The molecule has 9 heteroatoms. The van der Waals surface area contributed by atoms with Crippen LogP contribution in [0.3, 0.4) is 0 Å². The summed E-state index contributed by atoms with van der Waals surface area (Å²) >= 11 is 0.805. The third-order valence-electron chi connectivity index (χ3n) is 5.02. The Hall–Kier alpha value is -3.20. The van der Waals surface area contributed by atoms with Crippen LogP contribution in [-0.4, -0.2) is 22.5 Å². The first kappa shape index (κ1) is 21.0. The van der Waals surface area contributed by atoms with E-state index in [-0.39, 0.29) is 28.3 Å². The van der Waals surface area contributed by atoms with Crippen molar-refractivity contribution in [1.82, 2.24) is 9.97 Å². The molecule has 5 nitrogen and oxygen atoms in total. The Bertz CT molecular complexity index is 1380. The second kappa shape index (κ2) is 8.14. The van der Waals surface area contributed by atoms with Crippen molar-refractivity contribution in [2.45, 2.75) is 26.2 Å². The van der Waals surface area contributed by atoms with Crippen molar-refractivity contribution in [2.75, 3.05) is 6.61 Å². The summed E-state index contributed by atoms with van der Waals surface area (Å²) < 4.78 is 46.7. The second-order valence-electron chi connectivity index (χ2n) is 7.04. The van der Waals surface area contributed by atoms with Crippen LogP contribution in [0.5, 0.6) is 0 Å². The van der Waals surface area contributed by atoms with Gasteiger partial charge in [-0.25, -0.2) is 18.2 Å². The molecule has 0 fully saturated rings. The van der Waals surface area contributed by atoms with E-state index in [4.69, 9.17) is 4.74 Å². The normalized spacial score (nSPS) is 12.4. The first-order valence-electron chi connectivity index (χ1n) is 9.52. The Labute approximate surface area is 178 Å². The summed E-state index contributed by atoms with van der Waals surface area (Å²) in [6, 6.07) is 7.51. The Morgan fingerprint density at radius 2 is 2.00 bits per heavy atom. The number of aryl methyl sites for hydroxylation is 1. The van der Waals surface area contributed by atoms with Gasteiger partial charge in [-0.2, -0.15) is 0 Å². The van der Waals surface area contributed by atoms with Crippen LogP contribution in [-0.2, 0) is 16.0 Å². The summed E-state index contributed by atoms with van der Waals surface area (Å²) in [7, 11) is 0. The SMILES string of the molecule is CCOC(=O)C(Cc1nc2c(F)c(F)cc(F)c2s1)c1cc2c(C)cccc2[nH]c1=O. The minimum absolute atomic E-state index is 0.0914. The molecular weight excluding hydrogens is 429 g/mol. The first-order chi connectivity index (χ1) is 14.8. The number of esters is 1. The molecule has 0 saturated heterocycles. The Kier molecular flexibility index (Phi) is 5.53. The van der Waals surface area contributed by atoms with E-state index in [1.165, 1.54) is 0 Å². The zero-order valence-electron chi connectivity index (χ0n) is 16.6. The number of aromatic nitrogens is 2. The van der Waals surface area contributed by atoms with Crippen LogP contribution in [0.4, 0.5) is 13.2 Å². The molecule has 0 saturated carbocycles. The maximum atomic E-state index is 14.1. The van der Waals surface area contributed by atoms with Gasteiger partial charge in [-0.1, -0.05) is 12.1 Å². The largest absolute Gasteiger partial charge is 0.466 e. The highest BCUT2D eigenvalue weighted by Gasteiger charge is 2.28. The zero-order chi connectivity index (χ0) is 22.3. The lowest BCUT2D eigenvalue weighted by Gasteiger charge is -2.15. The number of hydrogen-bond acceptors (Lipinski definition) is 5. The molecule has 1 N–H and O–H groups in total. The third-order valence-corrected chi connectivity index (χ3v) is 6.11. The van der Waals surface area contributed by atoms with Gasteiger partial charge in [-0.05, 0) is 31.5 Å². The highest BCUT2D eigenvalue weighted by molar-refractivity contribution is 7.18. The standard InChI is InChI=1S/C22H17F3N2O3S/c1-3-30-22(29)13(12-7-11-10(2)5-4-6-16(11)26-21(12)28)8-17-27-19-18(25)14(23)9-15(24)20(19)31-17/h4-7,9,13H,3,8H2,1-2H3,(H,26,28). The molecular formula is C22H17F3N2O3S. The molecule has 31 heavy (non-hydrogen) atoms. The van der Waals surface area contributed by atoms with Gasteiger partial charge in [0.2, 0.25) is 0 Å². The molecule has 1 atom stereocenters. The van der Waals surface area contributed by atoms with Crippen molar-refractivity contribution in [3.63, 3.8) is 0 Å². The molecule has 160 valence electrons. The van der Waals surface area contributed by atoms with Gasteiger partial charge in [0.05, 0.1) is 22.2 Å². The molecule has 0 radical (unpaired) electrons. The third kappa shape index (κ3) is 3.81. The lowest BCUT2D eigenvalue weighted by molar-refractivity contribution is -0.145. The molecule has 0 spiro atoms. The fourth-order valence-electron chi connectivity index (χ4n) is 3.51. The number of carbonyl (C=O) groups excluding carboxylic acids is 1. The lowest BCUT2D eigenvalue weighted by atomic mass is 9.95. The van der Waals surface area contributed by atoms with Gasteiger partial charge in [0.25, 0.3) is 5.56 Å². The van der Waals surface area contributed by atoms with Crippen LogP contribution in [0.1, 0.15) is 29.0 Å². The summed E-state index contributed by atoms with van der Waals surface area (Å²) in [5.74, 6) is -5.25. The van der Waals surface area contributed by atoms with E-state index in [1.807, 2.05) is 13.0 Å². The first-order valence-corrected chi connectivity index (χ1v) is 10.3. The molecule has 0 aliphatic carbocycles. The number of aromatic amines is 1. The Morgan fingerprint density at radius 1 is 1.23 bits per heavy atom. The van der Waals surface area contributed by atoms with Gasteiger partial charge in [0.15, 0.2) is 11.6 Å². The van der Waals surface area contributed by atoms with E-state index in [9.17, 15) is 22.8 Å². The Balaban J connectivity index is 1.84. The van der Waals surface area contributed by atoms with E-state index in [0.29, 0.717) is 11.6 Å². The van der Waals surface area contributed by atoms with E-state index in [0.717, 1.165) is 22.3 Å². The number of benzene rings is 2. The number of ether oxygens (including phenoxy) is 1. The van der Waals surface area contributed by atoms with Gasteiger partial charge in [0.1, 0.15) is 11.3 Å². The summed E-state index contributed by atoms with van der Waals surface area (Å²) in [4.78, 5) is 32.2. The van der Waals surface area contributed by atoms with Crippen LogP contribution in [0.15, 0.2) is 35.1 Å². The Morgan fingerprint density at radius 3 is 2.74 bits per heavy atom. The number of hydrogen-bond donors (Lipinski definition) is 1. The maximum absolute atomic E-state index is 14.1. The average molecular weight is 446 g/mol. The number of carbonyl (C=O) groups is 1. The molecule has 0 aliphatic rings. The smallest absolute Gasteiger partial charge is 0.314 e. The fourth-order valence-corrected chi connectivity index (χ4v) is 4.52. The number of rotatable bonds is 5. The highest BCUT2D eigenvalue weighted by Crippen LogP contribution is 2.32. The number of pyridine rings is 1. The topological polar surface area (TPSA) is 72.0 Å². The maximum Gasteiger partial charge on any atom is 0.314 e. The number of fused-ring (bicyclic) bond motifs is 2. The van der Waals surface area contributed by atoms with Crippen molar-refractivity contribution in [3.05, 3.63) is 74.3 Å². The van der Waals surface area contributed by atoms with E-state index in [2.05, 4.69) is 9.97 Å². The van der Waals surface area contributed by atoms with Gasteiger partial charge in [0, 0.05) is 29.0 Å². The number of H-pyrrole nitrogens is 1. The zero-order valence-corrected chi connectivity index (χ0v) is 17.4. The fraction of sp³-hybridized carbons (Fsp3) is 0.227. The number of thiazole rings is 1. The summed E-state index contributed by atoms with van der Waals surface area (Å²) in [6.07, 6.45) is -0.126. The molecule has 2 aromatic heterocycles. The predicted octanol–water partition coefficient (Wildman–Crippen LogP) is 4.75. The predicted molar refractivity (Wildman–Crippen MR) is 112 cm³/mol. The average Bonchev–Trinajstić information content (AvgIpc) is 3.15. The van der Waals surface area contributed by atoms with Gasteiger partial charge >= 0.3 is 5.97 Å². The van der Waals surface area contributed by atoms with Crippen LogP contribution in [0.2, 0.25) is 0 Å². The number of halogens is 3. The highest BCUT2D eigenvalue weighted by atomic mass is 32.1. The molecule has 1 unspecified atom stereocenters. The van der Waals surface area contributed by atoms with Crippen LogP contribution >= 0.6 is 11.3 Å². The van der Waals surface area contributed by atoms with Gasteiger partial charge in [-0.3, -0.25) is 9.59 Å². The lowest BCUT2D eigenvalue weighted by Crippen LogP contribution is -2.25. The molecule has 0 aliphatic heterocycles. The van der Waals surface area contributed by atoms with Crippen molar-refractivity contribution in [3.8, 4) is 0 Å². The molecule has 2 heterocycles. The minimum Gasteiger partial charge on any atom is -0.466 e. The molecule has 4 aromatic rings. The quantitative estimate of drug-likeness (QED) is 0.355. The molecule has 4 rings (SSSR count). The number of nitrogens with zero attached hydrogens (tertiary/aromatic N) is 1. The second-order valence-corrected chi connectivity index (χ2v) is 8.12. The monoisotopic (exact) mass is 446 g/mol. The van der Waals surface area contributed by atoms with E-state index >= 15 is 0 Å². The summed E-state index contributed by atoms with van der Waals surface area (Å²) in [5.41, 5.74) is 0.767. The van der Waals surface area contributed by atoms with Crippen molar-refractivity contribution in [2.24, 2.45) is 0 Å². The van der Waals surface area contributed by atoms with Crippen LogP contribution in [0.25, 0.3) is 21.1 Å². The van der Waals surface area contributed by atoms with Crippen molar-refractivity contribution >= 4 is 38.4 Å².